The molecular formula is C12H16O2. The van der Waals surface area contributed by atoms with Crippen LogP contribution in [-0.2, 0) is 17.6 Å². The third-order valence-corrected chi connectivity index (χ3v) is 1.99. The van der Waals surface area contributed by atoms with Crippen LogP contribution >= 0.6 is 0 Å². The highest BCUT2D eigenvalue weighted by Crippen LogP contribution is 2.10. The van der Waals surface area contributed by atoms with E-state index >= 15 is 0 Å². The van der Waals surface area contributed by atoms with Gasteiger partial charge >= 0.3 is 5.97 Å². The van der Waals surface area contributed by atoms with Gasteiger partial charge < -0.3 is 5.11 Å². The van der Waals surface area contributed by atoms with Crippen molar-refractivity contribution in [1.82, 2.24) is 0 Å². The van der Waals surface area contributed by atoms with E-state index in [1.54, 1.807) is 0 Å². The van der Waals surface area contributed by atoms with E-state index in [2.05, 4.69) is 13.8 Å². The molecule has 0 saturated heterocycles. The maximum Gasteiger partial charge on any atom is 0.307 e. The predicted octanol–water partition coefficient (Wildman–Crippen LogP) is 2.51. The number of aliphatic carboxylic acids is 1. The van der Waals surface area contributed by atoms with E-state index in [4.69, 9.17) is 5.11 Å². The summed E-state index contributed by atoms with van der Waals surface area (Å²) in [6.07, 6.45) is 1.12. The highest BCUT2D eigenvalue weighted by atomic mass is 16.4. The highest BCUT2D eigenvalue weighted by Gasteiger charge is 2.02. The van der Waals surface area contributed by atoms with Crippen LogP contribution in [0.2, 0.25) is 0 Å². The third kappa shape index (κ3) is 3.60. The van der Waals surface area contributed by atoms with E-state index in [-0.39, 0.29) is 6.42 Å². The van der Waals surface area contributed by atoms with Crippen LogP contribution in [0.3, 0.4) is 0 Å². The van der Waals surface area contributed by atoms with Gasteiger partial charge in [-0.25, -0.2) is 0 Å². The lowest BCUT2D eigenvalue weighted by atomic mass is 10.0. The molecule has 14 heavy (non-hydrogen) atoms. The number of carboxylic acid groups (broad SMARTS) is 1. The van der Waals surface area contributed by atoms with Crippen molar-refractivity contribution in [3.63, 3.8) is 0 Å². The molecule has 0 aliphatic carbocycles. The number of rotatable bonds is 4. The van der Waals surface area contributed by atoms with E-state index < -0.39 is 5.97 Å². The van der Waals surface area contributed by atoms with Crippen molar-refractivity contribution in [3.05, 3.63) is 35.4 Å². The van der Waals surface area contributed by atoms with Crippen molar-refractivity contribution in [3.8, 4) is 0 Å². The summed E-state index contributed by atoms with van der Waals surface area (Å²) in [6, 6.07) is 7.81. The molecule has 1 aromatic carbocycles. The predicted molar refractivity (Wildman–Crippen MR) is 56.3 cm³/mol. The first-order chi connectivity index (χ1) is 6.58. The van der Waals surface area contributed by atoms with Crippen LogP contribution < -0.4 is 0 Å². The van der Waals surface area contributed by atoms with Crippen molar-refractivity contribution in [2.45, 2.75) is 26.7 Å². The van der Waals surface area contributed by atoms with E-state index in [1.807, 2.05) is 24.3 Å². The molecule has 0 aromatic heterocycles. The molecule has 0 heterocycles. The van der Waals surface area contributed by atoms with E-state index in [9.17, 15) is 4.79 Å². The Hall–Kier alpha value is -1.31. The summed E-state index contributed by atoms with van der Waals surface area (Å²) in [5, 5.41) is 8.64. The topological polar surface area (TPSA) is 37.3 Å². The maximum atomic E-state index is 10.5. The molecule has 0 aliphatic rings. The summed E-state index contributed by atoms with van der Waals surface area (Å²) in [5.74, 6) is -0.165. The Labute approximate surface area is 84.6 Å². The molecule has 0 bridgehead atoms. The number of carbonyl (C=O) groups is 1. The summed E-state index contributed by atoms with van der Waals surface area (Å²) in [6.45, 7) is 4.31. The first-order valence-electron chi connectivity index (χ1n) is 4.87. The van der Waals surface area contributed by atoms with Gasteiger partial charge in [0.05, 0.1) is 6.42 Å². The van der Waals surface area contributed by atoms with Gasteiger partial charge in [0.25, 0.3) is 0 Å². The van der Waals surface area contributed by atoms with Gasteiger partial charge in [-0.15, -0.1) is 0 Å². The second-order valence-electron chi connectivity index (χ2n) is 3.99. The van der Waals surface area contributed by atoms with Gasteiger partial charge in [0, 0.05) is 0 Å². The Morgan fingerprint density at radius 3 is 2.57 bits per heavy atom. The van der Waals surface area contributed by atoms with Crippen molar-refractivity contribution in [1.29, 1.82) is 0 Å². The molecule has 2 heteroatoms. The van der Waals surface area contributed by atoms with Crippen LogP contribution in [0.1, 0.15) is 25.0 Å². The van der Waals surface area contributed by atoms with Gasteiger partial charge in [0.1, 0.15) is 0 Å². The van der Waals surface area contributed by atoms with Gasteiger partial charge in [0.2, 0.25) is 0 Å². The Kier molecular flexibility index (Phi) is 3.69. The van der Waals surface area contributed by atoms with E-state index in [1.165, 1.54) is 5.56 Å². The van der Waals surface area contributed by atoms with Crippen molar-refractivity contribution in [2.75, 3.05) is 0 Å². The van der Waals surface area contributed by atoms with Crippen molar-refractivity contribution >= 4 is 5.97 Å². The van der Waals surface area contributed by atoms with Gasteiger partial charge in [0.15, 0.2) is 0 Å². The Morgan fingerprint density at radius 2 is 2.00 bits per heavy atom. The fraction of sp³-hybridized carbons (Fsp3) is 0.417. The average Bonchev–Trinajstić information content (AvgIpc) is 2.01. The minimum Gasteiger partial charge on any atom is -0.481 e. The van der Waals surface area contributed by atoms with E-state index in [0.717, 1.165) is 12.0 Å². The Balaban J connectivity index is 2.73. The van der Waals surface area contributed by atoms with Crippen LogP contribution in [0.5, 0.6) is 0 Å². The Morgan fingerprint density at radius 1 is 1.36 bits per heavy atom. The quantitative estimate of drug-likeness (QED) is 0.795. The molecule has 0 fully saturated rings. The first-order valence-corrected chi connectivity index (χ1v) is 4.87. The van der Waals surface area contributed by atoms with E-state index in [0.29, 0.717) is 5.92 Å². The molecule has 1 aromatic rings. The smallest absolute Gasteiger partial charge is 0.307 e. The van der Waals surface area contributed by atoms with Crippen LogP contribution in [0.15, 0.2) is 24.3 Å². The monoisotopic (exact) mass is 192 g/mol. The number of benzene rings is 1. The molecule has 1 N–H and O–H groups in total. The number of hydrogen-bond acceptors (Lipinski definition) is 1. The van der Waals surface area contributed by atoms with Crippen LogP contribution in [0.4, 0.5) is 0 Å². The minimum absolute atomic E-state index is 0.117. The second kappa shape index (κ2) is 4.80. The van der Waals surface area contributed by atoms with Gasteiger partial charge in [-0.3, -0.25) is 4.79 Å². The molecule has 0 amide bonds. The molecule has 2 nitrogen and oxygen atoms in total. The largest absolute Gasteiger partial charge is 0.481 e. The van der Waals surface area contributed by atoms with Crippen LogP contribution in [0, 0.1) is 5.92 Å². The molecule has 76 valence electrons. The summed E-state index contributed by atoms with van der Waals surface area (Å²) in [7, 11) is 0. The summed E-state index contributed by atoms with van der Waals surface area (Å²) in [5.41, 5.74) is 2.11. The fourth-order valence-corrected chi connectivity index (χ4v) is 1.51. The maximum absolute atomic E-state index is 10.5. The zero-order valence-corrected chi connectivity index (χ0v) is 8.66. The van der Waals surface area contributed by atoms with Gasteiger partial charge in [-0.1, -0.05) is 38.1 Å². The fourth-order valence-electron chi connectivity index (χ4n) is 1.51. The molecule has 0 saturated carbocycles. The molecule has 0 radical (unpaired) electrons. The van der Waals surface area contributed by atoms with Crippen molar-refractivity contribution < 1.29 is 9.90 Å². The molecule has 0 unspecified atom stereocenters. The normalized spacial score (nSPS) is 10.5. The Bertz CT molecular complexity index is 316. The SMILES string of the molecule is CC(C)Cc1cccc(CC(=O)O)c1. The number of carboxylic acids is 1. The lowest BCUT2D eigenvalue weighted by Crippen LogP contribution is -2.01. The van der Waals surface area contributed by atoms with Crippen molar-refractivity contribution in [2.24, 2.45) is 5.92 Å². The zero-order chi connectivity index (χ0) is 10.6. The lowest BCUT2D eigenvalue weighted by molar-refractivity contribution is -0.136. The highest BCUT2D eigenvalue weighted by molar-refractivity contribution is 5.70. The zero-order valence-electron chi connectivity index (χ0n) is 8.66. The third-order valence-electron chi connectivity index (χ3n) is 1.99. The number of hydrogen-bond donors (Lipinski definition) is 1. The second-order valence-corrected chi connectivity index (χ2v) is 3.99. The van der Waals surface area contributed by atoms with Gasteiger partial charge in [-0.05, 0) is 23.5 Å². The van der Waals surface area contributed by atoms with Crippen LogP contribution in [-0.4, -0.2) is 11.1 Å². The summed E-state index contributed by atoms with van der Waals surface area (Å²) < 4.78 is 0. The van der Waals surface area contributed by atoms with Gasteiger partial charge in [-0.2, -0.15) is 0 Å². The summed E-state index contributed by atoms with van der Waals surface area (Å²) in [4.78, 5) is 10.5. The minimum atomic E-state index is -0.772. The molecule has 0 aliphatic heterocycles. The average molecular weight is 192 g/mol. The molecule has 0 atom stereocenters. The van der Waals surface area contributed by atoms with Crippen LogP contribution in [0.25, 0.3) is 0 Å². The molecular weight excluding hydrogens is 176 g/mol. The summed E-state index contributed by atoms with van der Waals surface area (Å²) >= 11 is 0. The molecule has 1 rings (SSSR count). The lowest BCUT2D eigenvalue weighted by Gasteiger charge is -2.06. The molecule has 0 spiro atoms. The standard InChI is InChI=1S/C12H16O2/c1-9(2)6-10-4-3-5-11(7-10)8-12(13)14/h3-5,7,9H,6,8H2,1-2H3,(H,13,14). The first kappa shape index (κ1) is 10.8.